The highest BCUT2D eigenvalue weighted by atomic mass is 35.5. The van der Waals surface area contributed by atoms with Gasteiger partial charge in [0.1, 0.15) is 11.8 Å². The lowest BCUT2D eigenvalue weighted by Gasteiger charge is -2.29. The predicted octanol–water partition coefficient (Wildman–Crippen LogP) is 5.15. The summed E-state index contributed by atoms with van der Waals surface area (Å²) in [5.41, 5.74) is 1.07. The summed E-state index contributed by atoms with van der Waals surface area (Å²) in [6, 6.07) is 8.94. The molecule has 0 radical (unpaired) electrons. The number of nitrogens with zero attached hydrogens (tertiary/aromatic N) is 2. The SMILES string of the molecule is CCCNC(=O)[C@@H](C)N(Cc1ccc(Cl)c(Cl)c1)C(=O)CCCN(c1ccc(OC)c(Cl)c1)S(C)(=O)=O. The van der Waals surface area contributed by atoms with Gasteiger partial charge in [-0.3, -0.25) is 13.9 Å². The number of halogens is 3. The normalized spacial score (nSPS) is 12.1. The van der Waals surface area contributed by atoms with E-state index in [2.05, 4.69) is 5.32 Å². The number of carbonyl (C=O) groups excluding carboxylic acids is 2. The topological polar surface area (TPSA) is 96.0 Å². The molecule has 0 aliphatic heterocycles. The first-order chi connectivity index (χ1) is 17.4. The Bertz CT molecular complexity index is 1210. The molecule has 1 N–H and O–H groups in total. The van der Waals surface area contributed by atoms with Gasteiger partial charge in [-0.05, 0) is 55.7 Å². The van der Waals surface area contributed by atoms with Crippen molar-refractivity contribution in [3.63, 3.8) is 0 Å². The third kappa shape index (κ3) is 8.95. The third-order valence-electron chi connectivity index (χ3n) is 5.63. The van der Waals surface area contributed by atoms with Crippen molar-refractivity contribution in [2.45, 2.75) is 45.7 Å². The van der Waals surface area contributed by atoms with E-state index >= 15 is 0 Å². The largest absolute Gasteiger partial charge is 0.495 e. The molecule has 0 aliphatic carbocycles. The van der Waals surface area contributed by atoms with Gasteiger partial charge in [-0.2, -0.15) is 0 Å². The van der Waals surface area contributed by atoms with Gasteiger partial charge in [0.05, 0.1) is 34.1 Å². The van der Waals surface area contributed by atoms with Gasteiger partial charge in [0.25, 0.3) is 0 Å². The molecule has 2 amide bonds. The first-order valence-electron chi connectivity index (χ1n) is 11.7. The van der Waals surface area contributed by atoms with Gasteiger partial charge < -0.3 is 15.0 Å². The van der Waals surface area contributed by atoms with Gasteiger partial charge in [0, 0.05) is 26.1 Å². The molecule has 0 spiro atoms. The molecule has 12 heteroatoms. The molecule has 0 aromatic heterocycles. The molecule has 8 nitrogen and oxygen atoms in total. The van der Waals surface area contributed by atoms with Gasteiger partial charge in [-0.15, -0.1) is 0 Å². The number of sulfonamides is 1. The Balaban J connectivity index is 2.20. The van der Waals surface area contributed by atoms with Crippen LogP contribution >= 0.6 is 34.8 Å². The van der Waals surface area contributed by atoms with E-state index in [-0.39, 0.29) is 42.8 Å². The number of rotatable bonds is 13. The van der Waals surface area contributed by atoms with E-state index in [1.165, 1.54) is 22.4 Å². The van der Waals surface area contributed by atoms with Crippen molar-refractivity contribution in [1.82, 2.24) is 10.2 Å². The number of nitrogens with one attached hydrogen (secondary N) is 1. The van der Waals surface area contributed by atoms with E-state index < -0.39 is 16.1 Å². The van der Waals surface area contributed by atoms with Crippen LogP contribution in [0.2, 0.25) is 15.1 Å². The fraction of sp³-hybridized carbons (Fsp3) is 0.440. The van der Waals surface area contributed by atoms with E-state index in [4.69, 9.17) is 39.5 Å². The van der Waals surface area contributed by atoms with E-state index in [0.29, 0.717) is 33.6 Å². The molecule has 2 aromatic rings. The molecule has 204 valence electrons. The zero-order valence-electron chi connectivity index (χ0n) is 21.3. The molecule has 1 atom stereocenters. The van der Waals surface area contributed by atoms with E-state index in [1.54, 1.807) is 37.3 Å². The molecular formula is C25H32Cl3N3O5S. The molecular weight excluding hydrogens is 561 g/mol. The molecule has 0 bridgehead atoms. The standard InChI is InChI=1S/C25H32Cl3N3O5S/c1-5-12-29-25(33)17(2)30(16-18-8-10-20(26)21(27)14-18)24(32)7-6-13-31(37(4,34)35)19-9-11-23(36-3)22(28)15-19/h8-11,14-15,17H,5-7,12-13,16H2,1-4H3,(H,29,33)/t17-/m1/s1. The van der Waals surface area contributed by atoms with Crippen molar-refractivity contribution in [3.8, 4) is 5.75 Å². The highest BCUT2D eigenvalue weighted by Crippen LogP contribution is 2.30. The minimum absolute atomic E-state index is 0.0165. The monoisotopic (exact) mass is 591 g/mol. The first-order valence-corrected chi connectivity index (χ1v) is 14.7. The zero-order valence-corrected chi connectivity index (χ0v) is 24.3. The Morgan fingerprint density at radius 2 is 1.76 bits per heavy atom. The smallest absolute Gasteiger partial charge is 0.242 e. The number of hydrogen-bond acceptors (Lipinski definition) is 5. The summed E-state index contributed by atoms with van der Waals surface area (Å²) < 4.78 is 31.3. The van der Waals surface area contributed by atoms with Crippen molar-refractivity contribution in [2.24, 2.45) is 0 Å². The number of hydrogen-bond donors (Lipinski definition) is 1. The number of ether oxygens (including phenoxy) is 1. The number of anilines is 1. The summed E-state index contributed by atoms with van der Waals surface area (Å²) >= 11 is 18.3. The summed E-state index contributed by atoms with van der Waals surface area (Å²) in [4.78, 5) is 27.4. The first kappa shape index (κ1) is 31.0. The van der Waals surface area contributed by atoms with Gasteiger partial charge >= 0.3 is 0 Å². The lowest BCUT2D eigenvalue weighted by molar-refractivity contribution is -0.140. The Morgan fingerprint density at radius 1 is 1.05 bits per heavy atom. The van der Waals surface area contributed by atoms with E-state index in [0.717, 1.165) is 12.7 Å². The quantitative estimate of drug-likeness (QED) is 0.347. The van der Waals surface area contributed by atoms with Crippen LogP contribution in [0.4, 0.5) is 5.69 Å². The van der Waals surface area contributed by atoms with Gasteiger partial charge in [-0.1, -0.05) is 47.8 Å². The number of amides is 2. The van der Waals surface area contributed by atoms with Crippen LogP contribution in [-0.4, -0.2) is 57.6 Å². The second-order valence-corrected chi connectivity index (χ2v) is 11.6. The summed E-state index contributed by atoms with van der Waals surface area (Å²) in [5, 5.41) is 3.81. The van der Waals surface area contributed by atoms with Crippen molar-refractivity contribution in [2.75, 3.05) is 30.8 Å². The molecule has 0 heterocycles. The fourth-order valence-electron chi connectivity index (χ4n) is 3.63. The molecule has 0 saturated heterocycles. The van der Waals surface area contributed by atoms with Crippen LogP contribution in [0.15, 0.2) is 36.4 Å². The molecule has 0 saturated carbocycles. The van der Waals surface area contributed by atoms with Crippen molar-refractivity contribution in [3.05, 3.63) is 57.0 Å². The Labute approximate surface area is 233 Å². The van der Waals surface area contributed by atoms with Crippen molar-refractivity contribution < 1.29 is 22.7 Å². The highest BCUT2D eigenvalue weighted by molar-refractivity contribution is 7.92. The highest BCUT2D eigenvalue weighted by Gasteiger charge is 2.27. The molecule has 0 unspecified atom stereocenters. The molecule has 37 heavy (non-hydrogen) atoms. The second kappa shape index (κ2) is 14.1. The minimum Gasteiger partial charge on any atom is -0.495 e. The average Bonchev–Trinajstić information content (AvgIpc) is 2.84. The maximum absolute atomic E-state index is 13.3. The molecule has 0 fully saturated rings. The Morgan fingerprint density at radius 3 is 2.32 bits per heavy atom. The van der Waals surface area contributed by atoms with Gasteiger partial charge in [0.2, 0.25) is 21.8 Å². The minimum atomic E-state index is -3.65. The van der Waals surface area contributed by atoms with Crippen LogP contribution < -0.4 is 14.4 Å². The lowest BCUT2D eigenvalue weighted by atomic mass is 10.1. The maximum Gasteiger partial charge on any atom is 0.242 e. The van der Waals surface area contributed by atoms with Crippen LogP contribution in [0.25, 0.3) is 0 Å². The summed E-state index contributed by atoms with van der Waals surface area (Å²) in [6.45, 7) is 4.27. The van der Waals surface area contributed by atoms with E-state index in [9.17, 15) is 18.0 Å². The fourth-order valence-corrected chi connectivity index (χ4v) is 5.16. The van der Waals surface area contributed by atoms with Crippen LogP contribution in [0, 0.1) is 0 Å². The molecule has 2 rings (SSSR count). The predicted molar refractivity (Wildman–Crippen MR) is 149 cm³/mol. The zero-order chi connectivity index (χ0) is 27.8. The van der Waals surface area contributed by atoms with Crippen molar-refractivity contribution >= 4 is 62.3 Å². The second-order valence-electron chi connectivity index (χ2n) is 8.49. The lowest BCUT2D eigenvalue weighted by Crippen LogP contribution is -2.47. The number of methoxy groups -OCH3 is 1. The van der Waals surface area contributed by atoms with Gasteiger partial charge in [-0.25, -0.2) is 8.42 Å². The maximum atomic E-state index is 13.3. The number of carbonyl (C=O) groups is 2. The molecule has 0 aliphatic rings. The molecule has 2 aromatic carbocycles. The van der Waals surface area contributed by atoms with Crippen LogP contribution in [0.3, 0.4) is 0 Å². The van der Waals surface area contributed by atoms with Crippen LogP contribution in [-0.2, 0) is 26.2 Å². The number of benzene rings is 2. The van der Waals surface area contributed by atoms with Crippen LogP contribution in [0.1, 0.15) is 38.7 Å². The summed E-state index contributed by atoms with van der Waals surface area (Å²) in [6.07, 6.45) is 2.08. The third-order valence-corrected chi connectivity index (χ3v) is 7.86. The Kier molecular flexibility index (Phi) is 11.8. The summed E-state index contributed by atoms with van der Waals surface area (Å²) in [7, 11) is -2.19. The van der Waals surface area contributed by atoms with Crippen molar-refractivity contribution in [1.29, 1.82) is 0 Å². The summed E-state index contributed by atoms with van der Waals surface area (Å²) in [5.74, 6) is -0.158. The Hall–Kier alpha value is -2.20. The van der Waals surface area contributed by atoms with Crippen LogP contribution in [0.5, 0.6) is 5.75 Å². The van der Waals surface area contributed by atoms with Gasteiger partial charge in [0.15, 0.2) is 0 Å². The van der Waals surface area contributed by atoms with E-state index in [1.807, 2.05) is 6.92 Å². The average molecular weight is 593 g/mol.